The van der Waals surface area contributed by atoms with E-state index in [0.717, 1.165) is 0 Å². The van der Waals surface area contributed by atoms with Crippen molar-refractivity contribution in [1.82, 2.24) is 15.3 Å². The summed E-state index contributed by atoms with van der Waals surface area (Å²) < 4.78 is 9.93. The van der Waals surface area contributed by atoms with Gasteiger partial charge < -0.3 is 26.7 Å². The Labute approximate surface area is 86.8 Å². The Morgan fingerprint density at radius 2 is 1.93 bits per heavy atom. The van der Waals surface area contributed by atoms with Crippen LogP contribution >= 0.6 is 0 Å². The Balaban J connectivity index is 2.60. The molecule has 0 fully saturated rings. The molecule has 1 aromatic heterocycles. The van der Waals surface area contributed by atoms with E-state index in [-0.39, 0.29) is 30.1 Å². The lowest BCUT2D eigenvalue weighted by Crippen LogP contribution is -2.23. The fourth-order valence-corrected chi connectivity index (χ4v) is 0.856. The van der Waals surface area contributed by atoms with Crippen molar-refractivity contribution >= 4 is 17.5 Å². The van der Waals surface area contributed by atoms with Gasteiger partial charge in [0.1, 0.15) is 12.4 Å². The molecular formula is C7H14N6O2. The highest BCUT2D eigenvalue weighted by Crippen LogP contribution is 2.23. The van der Waals surface area contributed by atoms with Crippen molar-refractivity contribution in [1.29, 1.82) is 0 Å². The summed E-state index contributed by atoms with van der Waals surface area (Å²) in [5.41, 5.74) is 16.6. The molecule has 0 aliphatic rings. The van der Waals surface area contributed by atoms with Crippen molar-refractivity contribution < 1.29 is 9.47 Å². The number of ether oxygens (including phenoxy) is 2. The average Bonchev–Trinajstić information content (AvgIpc) is 2.19. The molecular weight excluding hydrogens is 200 g/mol. The van der Waals surface area contributed by atoms with Crippen molar-refractivity contribution in [3.05, 3.63) is 0 Å². The number of nitrogens with two attached hydrogens (primary N) is 3. The lowest BCUT2D eigenvalue weighted by atomic mass is 10.5. The molecule has 0 bridgehead atoms. The van der Waals surface area contributed by atoms with Crippen molar-refractivity contribution in [3.8, 4) is 5.88 Å². The summed E-state index contributed by atoms with van der Waals surface area (Å²) in [5, 5.41) is 2.81. The summed E-state index contributed by atoms with van der Waals surface area (Å²) >= 11 is 0. The molecule has 15 heavy (non-hydrogen) atoms. The van der Waals surface area contributed by atoms with Gasteiger partial charge in [0.05, 0.1) is 6.73 Å². The third kappa shape index (κ3) is 3.11. The van der Waals surface area contributed by atoms with Gasteiger partial charge in [-0.2, -0.15) is 9.97 Å². The molecule has 0 aliphatic carbocycles. The van der Waals surface area contributed by atoms with E-state index in [1.54, 1.807) is 7.11 Å². The monoisotopic (exact) mass is 214 g/mol. The van der Waals surface area contributed by atoms with Crippen molar-refractivity contribution in [2.24, 2.45) is 0 Å². The fraction of sp³-hybridized carbons (Fsp3) is 0.429. The second kappa shape index (κ2) is 5.17. The maximum absolute atomic E-state index is 5.58. The second-order valence-corrected chi connectivity index (χ2v) is 2.66. The number of nitrogens with zero attached hydrogens (tertiary/aromatic N) is 2. The van der Waals surface area contributed by atoms with Crippen LogP contribution < -0.4 is 27.3 Å². The predicted molar refractivity (Wildman–Crippen MR) is 55.8 cm³/mol. The third-order valence-corrected chi connectivity index (χ3v) is 1.51. The molecule has 0 aliphatic heterocycles. The minimum absolute atomic E-state index is 0.0171. The third-order valence-electron chi connectivity index (χ3n) is 1.51. The van der Waals surface area contributed by atoms with Crippen LogP contribution in [0.25, 0.3) is 0 Å². The summed E-state index contributed by atoms with van der Waals surface area (Å²) in [6, 6.07) is 0. The first kappa shape index (κ1) is 11.3. The molecule has 8 heteroatoms. The summed E-state index contributed by atoms with van der Waals surface area (Å²) in [6.07, 6.45) is 0. The zero-order valence-corrected chi connectivity index (χ0v) is 8.36. The van der Waals surface area contributed by atoms with E-state index in [0.29, 0.717) is 6.73 Å². The Kier molecular flexibility index (Phi) is 3.89. The zero-order valence-electron chi connectivity index (χ0n) is 8.36. The molecule has 0 radical (unpaired) electrons. The number of nitrogen functional groups attached to an aromatic ring is 3. The molecule has 0 amide bonds. The molecule has 0 unspecified atom stereocenters. The van der Waals surface area contributed by atoms with Crippen LogP contribution in [0.3, 0.4) is 0 Å². The van der Waals surface area contributed by atoms with E-state index in [4.69, 9.17) is 26.7 Å². The number of hydrogen-bond donors (Lipinski definition) is 4. The normalized spacial score (nSPS) is 10.2. The standard InChI is InChI=1S/C7H14N6O2/c1-14-2-11-3-15-6-4(8)5(9)12-7(10)13-6/h11H,2-3,8H2,1H3,(H4,9,10,12,13). The lowest BCUT2D eigenvalue weighted by molar-refractivity contribution is 0.143. The number of nitrogens with one attached hydrogen (secondary N) is 1. The molecule has 1 heterocycles. The molecule has 1 rings (SSSR count). The van der Waals surface area contributed by atoms with Gasteiger partial charge in [0.25, 0.3) is 0 Å². The zero-order chi connectivity index (χ0) is 11.3. The van der Waals surface area contributed by atoms with E-state index in [2.05, 4.69) is 15.3 Å². The first-order valence-corrected chi connectivity index (χ1v) is 4.16. The van der Waals surface area contributed by atoms with Crippen molar-refractivity contribution in [2.45, 2.75) is 0 Å². The number of hydrogen-bond acceptors (Lipinski definition) is 8. The summed E-state index contributed by atoms with van der Waals surface area (Å²) in [4.78, 5) is 7.46. The van der Waals surface area contributed by atoms with Crippen LogP contribution in [0.5, 0.6) is 5.88 Å². The smallest absolute Gasteiger partial charge is 0.245 e. The Bertz CT molecular complexity index is 332. The van der Waals surface area contributed by atoms with Crippen LogP contribution in [0, 0.1) is 0 Å². The van der Waals surface area contributed by atoms with Crippen LogP contribution in [0.4, 0.5) is 17.5 Å². The van der Waals surface area contributed by atoms with Gasteiger partial charge in [-0.1, -0.05) is 0 Å². The molecule has 8 nitrogen and oxygen atoms in total. The molecule has 0 atom stereocenters. The van der Waals surface area contributed by atoms with E-state index in [1.807, 2.05) is 0 Å². The maximum Gasteiger partial charge on any atom is 0.245 e. The largest absolute Gasteiger partial charge is 0.460 e. The predicted octanol–water partition coefficient (Wildman–Crippen LogP) is -1.25. The van der Waals surface area contributed by atoms with Gasteiger partial charge >= 0.3 is 0 Å². The topological polar surface area (TPSA) is 134 Å². The van der Waals surface area contributed by atoms with Gasteiger partial charge in [0.15, 0.2) is 5.82 Å². The minimum atomic E-state index is 0.0171. The second-order valence-electron chi connectivity index (χ2n) is 2.66. The number of aromatic nitrogens is 2. The number of anilines is 3. The van der Waals surface area contributed by atoms with Crippen molar-refractivity contribution in [2.75, 3.05) is 37.8 Å². The Morgan fingerprint density at radius 1 is 1.20 bits per heavy atom. The molecule has 0 spiro atoms. The number of rotatable bonds is 5. The van der Waals surface area contributed by atoms with Gasteiger partial charge in [-0.25, -0.2) is 0 Å². The average molecular weight is 214 g/mol. The van der Waals surface area contributed by atoms with Crippen molar-refractivity contribution in [3.63, 3.8) is 0 Å². The highest BCUT2D eigenvalue weighted by atomic mass is 16.5. The first-order valence-electron chi connectivity index (χ1n) is 4.16. The van der Waals surface area contributed by atoms with Gasteiger partial charge in [-0.15, -0.1) is 0 Å². The first-order chi connectivity index (χ1) is 7.15. The Hall–Kier alpha value is -1.80. The van der Waals surface area contributed by atoms with E-state index < -0.39 is 0 Å². The van der Waals surface area contributed by atoms with Crippen LogP contribution in [0.2, 0.25) is 0 Å². The highest BCUT2D eigenvalue weighted by molar-refractivity contribution is 5.65. The van der Waals surface area contributed by atoms with E-state index >= 15 is 0 Å². The van der Waals surface area contributed by atoms with Crippen LogP contribution in [-0.2, 0) is 4.74 Å². The quantitative estimate of drug-likeness (QED) is 0.353. The number of methoxy groups -OCH3 is 1. The van der Waals surface area contributed by atoms with E-state index in [1.165, 1.54) is 0 Å². The van der Waals surface area contributed by atoms with Crippen LogP contribution in [-0.4, -0.2) is 30.5 Å². The summed E-state index contributed by atoms with van der Waals surface area (Å²) in [6.45, 7) is 0.546. The summed E-state index contributed by atoms with van der Waals surface area (Å²) in [7, 11) is 1.56. The van der Waals surface area contributed by atoms with Crippen LogP contribution in [0.1, 0.15) is 0 Å². The lowest BCUT2D eigenvalue weighted by Gasteiger charge is -2.09. The van der Waals surface area contributed by atoms with Gasteiger partial charge in [-0.05, 0) is 0 Å². The highest BCUT2D eigenvalue weighted by Gasteiger charge is 2.08. The SMILES string of the molecule is COCNCOc1nc(N)nc(N)c1N. The molecule has 1 aromatic rings. The Morgan fingerprint density at radius 3 is 2.60 bits per heavy atom. The fourth-order valence-electron chi connectivity index (χ4n) is 0.856. The molecule has 84 valence electrons. The van der Waals surface area contributed by atoms with E-state index in [9.17, 15) is 0 Å². The van der Waals surface area contributed by atoms with Gasteiger partial charge in [0.2, 0.25) is 11.8 Å². The molecule has 0 saturated heterocycles. The van der Waals surface area contributed by atoms with Gasteiger partial charge in [-0.3, -0.25) is 5.32 Å². The minimum Gasteiger partial charge on any atom is -0.460 e. The van der Waals surface area contributed by atoms with Gasteiger partial charge in [0, 0.05) is 7.11 Å². The molecule has 0 aromatic carbocycles. The molecule has 0 saturated carbocycles. The molecule has 7 N–H and O–H groups in total. The maximum atomic E-state index is 5.58. The summed E-state index contributed by atoms with van der Waals surface area (Å²) in [5.74, 6) is 0.274. The van der Waals surface area contributed by atoms with Crippen LogP contribution in [0.15, 0.2) is 0 Å².